The molecule has 0 atom stereocenters. The molecule has 4 aromatic rings. The van der Waals surface area contributed by atoms with Crippen LogP contribution >= 0.6 is 11.3 Å². The van der Waals surface area contributed by atoms with Crippen LogP contribution in [-0.2, 0) is 6.54 Å². The maximum Gasteiger partial charge on any atom is 0.236 e. The predicted molar refractivity (Wildman–Crippen MR) is 86.9 cm³/mol. The molecule has 0 radical (unpaired) electrons. The first kappa shape index (κ1) is 13.8. The molecule has 7 heteroatoms. The molecule has 0 unspecified atom stereocenters. The van der Waals surface area contributed by atoms with Gasteiger partial charge < -0.3 is 4.42 Å². The standard InChI is InChI=1S/C16H13N5OS/c1-11-18-15(13-5-2-3-7-17-13)21(20-11)9-12-10-22-16(19-12)14-6-4-8-23-14/h2-8,10H,9H2,1H3. The van der Waals surface area contributed by atoms with E-state index >= 15 is 0 Å². The molecule has 0 aliphatic carbocycles. The van der Waals surface area contributed by atoms with Crippen LogP contribution in [0.25, 0.3) is 22.3 Å². The smallest absolute Gasteiger partial charge is 0.236 e. The van der Waals surface area contributed by atoms with E-state index in [2.05, 4.69) is 20.1 Å². The van der Waals surface area contributed by atoms with Crippen LogP contribution in [-0.4, -0.2) is 24.7 Å². The number of aryl methyl sites for hydroxylation is 1. The van der Waals surface area contributed by atoms with E-state index in [1.54, 1.807) is 28.5 Å². The van der Waals surface area contributed by atoms with Crippen LogP contribution in [0.5, 0.6) is 0 Å². The summed E-state index contributed by atoms with van der Waals surface area (Å²) >= 11 is 1.60. The molecule has 4 rings (SSSR count). The zero-order chi connectivity index (χ0) is 15.6. The molecule has 114 valence electrons. The Bertz CT molecular complexity index is 911. The van der Waals surface area contributed by atoms with Crippen molar-refractivity contribution in [2.24, 2.45) is 0 Å². The van der Waals surface area contributed by atoms with Crippen molar-refractivity contribution in [1.29, 1.82) is 0 Å². The van der Waals surface area contributed by atoms with Crippen LogP contribution in [0.1, 0.15) is 11.5 Å². The van der Waals surface area contributed by atoms with E-state index < -0.39 is 0 Å². The van der Waals surface area contributed by atoms with Crippen molar-refractivity contribution in [3.05, 3.63) is 59.7 Å². The van der Waals surface area contributed by atoms with Crippen LogP contribution in [0.2, 0.25) is 0 Å². The first-order valence-electron chi connectivity index (χ1n) is 7.11. The molecule has 23 heavy (non-hydrogen) atoms. The summed E-state index contributed by atoms with van der Waals surface area (Å²) in [6.07, 6.45) is 3.41. The van der Waals surface area contributed by atoms with Gasteiger partial charge in [-0.2, -0.15) is 5.10 Å². The lowest BCUT2D eigenvalue weighted by atomic mass is 10.3. The second-order valence-corrected chi connectivity index (χ2v) is 5.92. The lowest BCUT2D eigenvalue weighted by Gasteiger charge is -2.02. The SMILES string of the molecule is Cc1nc(-c2ccccn2)n(Cc2coc(-c3cccs3)n2)n1. The van der Waals surface area contributed by atoms with Gasteiger partial charge in [-0.3, -0.25) is 4.98 Å². The molecular weight excluding hydrogens is 310 g/mol. The highest BCUT2D eigenvalue weighted by Gasteiger charge is 2.14. The molecule has 0 aliphatic rings. The van der Waals surface area contributed by atoms with E-state index in [-0.39, 0.29) is 0 Å². The fourth-order valence-electron chi connectivity index (χ4n) is 2.30. The van der Waals surface area contributed by atoms with Crippen molar-refractivity contribution in [2.75, 3.05) is 0 Å². The molecule has 0 N–H and O–H groups in total. The summed E-state index contributed by atoms with van der Waals surface area (Å²) in [5.74, 6) is 2.06. The number of oxazole rings is 1. The molecule has 0 saturated heterocycles. The van der Waals surface area contributed by atoms with Crippen molar-refractivity contribution in [3.8, 4) is 22.3 Å². The summed E-state index contributed by atoms with van der Waals surface area (Å²) < 4.78 is 7.36. The van der Waals surface area contributed by atoms with Gasteiger partial charge in [-0.25, -0.2) is 14.6 Å². The van der Waals surface area contributed by atoms with Gasteiger partial charge in [0.05, 0.1) is 11.4 Å². The quantitative estimate of drug-likeness (QED) is 0.575. The summed E-state index contributed by atoms with van der Waals surface area (Å²) in [6, 6.07) is 9.69. The average molecular weight is 323 g/mol. The number of aromatic nitrogens is 5. The minimum absolute atomic E-state index is 0.488. The van der Waals surface area contributed by atoms with E-state index in [1.807, 2.05) is 42.6 Å². The van der Waals surface area contributed by atoms with Crippen LogP contribution < -0.4 is 0 Å². The zero-order valence-electron chi connectivity index (χ0n) is 12.4. The summed E-state index contributed by atoms with van der Waals surface area (Å²) in [4.78, 5) is 14.3. The second kappa shape index (κ2) is 5.77. The van der Waals surface area contributed by atoms with Gasteiger partial charge in [0.1, 0.15) is 23.5 Å². The van der Waals surface area contributed by atoms with Crippen molar-refractivity contribution in [2.45, 2.75) is 13.5 Å². The molecule has 0 aromatic carbocycles. The maximum atomic E-state index is 5.56. The Morgan fingerprint density at radius 3 is 2.91 bits per heavy atom. The molecule has 4 heterocycles. The first-order valence-corrected chi connectivity index (χ1v) is 7.99. The Kier molecular flexibility index (Phi) is 3.47. The monoisotopic (exact) mass is 323 g/mol. The first-order chi connectivity index (χ1) is 11.3. The summed E-state index contributed by atoms with van der Waals surface area (Å²) in [6.45, 7) is 2.35. The van der Waals surface area contributed by atoms with Crippen molar-refractivity contribution >= 4 is 11.3 Å². The van der Waals surface area contributed by atoms with Gasteiger partial charge in [0.25, 0.3) is 0 Å². The molecule has 0 fully saturated rings. The van der Waals surface area contributed by atoms with Gasteiger partial charge in [0.2, 0.25) is 5.89 Å². The Morgan fingerprint density at radius 2 is 2.13 bits per heavy atom. The van der Waals surface area contributed by atoms with E-state index in [4.69, 9.17) is 4.42 Å². The molecule has 0 aliphatic heterocycles. The van der Waals surface area contributed by atoms with E-state index in [1.165, 1.54) is 0 Å². The molecule has 0 spiro atoms. The Hall–Kier alpha value is -2.80. The number of hydrogen-bond acceptors (Lipinski definition) is 6. The van der Waals surface area contributed by atoms with Crippen molar-refractivity contribution in [3.63, 3.8) is 0 Å². The summed E-state index contributed by atoms with van der Waals surface area (Å²) in [5.41, 5.74) is 1.59. The molecule has 6 nitrogen and oxygen atoms in total. The van der Waals surface area contributed by atoms with Crippen LogP contribution in [0.4, 0.5) is 0 Å². The number of nitrogens with zero attached hydrogens (tertiary/aromatic N) is 5. The van der Waals surface area contributed by atoms with Gasteiger partial charge in [0.15, 0.2) is 5.82 Å². The topological polar surface area (TPSA) is 69.6 Å². The van der Waals surface area contributed by atoms with Crippen LogP contribution in [0.3, 0.4) is 0 Å². The van der Waals surface area contributed by atoms with Gasteiger partial charge in [0, 0.05) is 6.20 Å². The van der Waals surface area contributed by atoms with Gasteiger partial charge in [-0.05, 0) is 30.5 Å². The summed E-state index contributed by atoms with van der Waals surface area (Å²) in [5, 5.41) is 6.44. The van der Waals surface area contributed by atoms with E-state index in [0.29, 0.717) is 18.3 Å². The number of thiophene rings is 1. The fraction of sp³-hybridized carbons (Fsp3) is 0.125. The largest absolute Gasteiger partial charge is 0.443 e. The third-order valence-corrected chi connectivity index (χ3v) is 4.12. The predicted octanol–water partition coefficient (Wildman–Crippen LogP) is 3.41. The Morgan fingerprint density at radius 1 is 1.17 bits per heavy atom. The lowest BCUT2D eigenvalue weighted by Crippen LogP contribution is -2.05. The van der Waals surface area contributed by atoms with E-state index in [9.17, 15) is 0 Å². The minimum Gasteiger partial charge on any atom is -0.443 e. The highest BCUT2D eigenvalue weighted by molar-refractivity contribution is 7.13. The number of rotatable bonds is 4. The highest BCUT2D eigenvalue weighted by Crippen LogP contribution is 2.24. The van der Waals surface area contributed by atoms with Crippen molar-refractivity contribution in [1.82, 2.24) is 24.7 Å². The molecule has 0 amide bonds. The third-order valence-electron chi connectivity index (χ3n) is 3.27. The van der Waals surface area contributed by atoms with Crippen LogP contribution in [0, 0.1) is 6.92 Å². The fourth-order valence-corrected chi connectivity index (χ4v) is 2.95. The third kappa shape index (κ3) is 2.78. The molecular formula is C16H13N5OS. The maximum absolute atomic E-state index is 5.56. The molecule has 4 aromatic heterocycles. The number of pyridine rings is 1. The molecule has 0 bridgehead atoms. The van der Waals surface area contributed by atoms with Crippen LogP contribution in [0.15, 0.2) is 52.6 Å². The van der Waals surface area contributed by atoms with Gasteiger partial charge in [-0.15, -0.1) is 11.3 Å². The minimum atomic E-state index is 0.488. The highest BCUT2D eigenvalue weighted by atomic mass is 32.1. The zero-order valence-corrected chi connectivity index (χ0v) is 13.2. The normalized spacial score (nSPS) is 11.0. The number of hydrogen-bond donors (Lipinski definition) is 0. The van der Waals surface area contributed by atoms with E-state index in [0.717, 1.165) is 22.1 Å². The Labute approximate surface area is 136 Å². The van der Waals surface area contributed by atoms with Gasteiger partial charge >= 0.3 is 0 Å². The average Bonchev–Trinajstić information content (AvgIpc) is 3.29. The summed E-state index contributed by atoms with van der Waals surface area (Å²) in [7, 11) is 0. The van der Waals surface area contributed by atoms with Crippen molar-refractivity contribution < 1.29 is 4.42 Å². The van der Waals surface area contributed by atoms with Gasteiger partial charge in [-0.1, -0.05) is 12.1 Å². The molecule has 0 saturated carbocycles. The lowest BCUT2D eigenvalue weighted by molar-refractivity contribution is 0.571. The second-order valence-electron chi connectivity index (χ2n) is 4.98. The Balaban J connectivity index is 1.65.